The zero-order chi connectivity index (χ0) is 19.6. The molecule has 0 unspecified atom stereocenters. The van der Waals surface area contributed by atoms with Gasteiger partial charge in [-0.3, -0.25) is 4.79 Å². The number of carbonyl (C=O) groups is 1. The van der Waals surface area contributed by atoms with E-state index in [1.54, 1.807) is 0 Å². The number of benzene rings is 3. The van der Waals surface area contributed by atoms with E-state index in [9.17, 15) is 4.79 Å². The summed E-state index contributed by atoms with van der Waals surface area (Å²) in [5, 5.41) is 6.14. The Bertz CT molecular complexity index is 880. The maximum Gasteiger partial charge on any atom is 0.226 e. The molecule has 0 saturated heterocycles. The molecular weight excluding hydrogens is 352 g/mol. The number of anilines is 2. The maximum atomic E-state index is 12.2. The van der Waals surface area contributed by atoms with Crippen molar-refractivity contribution < 1.29 is 14.3 Å². The van der Waals surface area contributed by atoms with E-state index in [0.717, 1.165) is 17.2 Å². The molecule has 3 aromatic carbocycles. The van der Waals surface area contributed by atoms with Gasteiger partial charge in [-0.2, -0.15) is 0 Å². The molecule has 0 fully saturated rings. The average Bonchev–Trinajstić information content (AvgIpc) is 2.72. The lowest BCUT2D eigenvalue weighted by Crippen LogP contribution is -2.16. The van der Waals surface area contributed by atoms with Gasteiger partial charge in [0, 0.05) is 18.7 Å². The van der Waals surface area contributed by atoms with Crippen LogP contribution < -0.4 is 20.1 Å². The third-order valence-corrected chi connectivity index (χ3v) is 3.98. The highest BCUT2D eigenvalue weighted by atomic mass is 16.5. The quantitative estimate of drug-likeness (QED) is 0.531. The Labute approximate surface area is 165 Å². The van der Waals surface area contributed by atoms with E-state index in [1.165, 1.54) is 0 Å². The monoisotopic (exact) mass is 376 g/mol. The summed E-state index contributed by atoms with van der Waals surface area (Å²) < 4.78 is 11.3. The number of carbonyl (C=O) groups excluding carboxylic acids is 1. The highest BCUT2D eigenvalue weighted by Gasteiger charge is 2.07. The normalized spacial score (nSPS) is 10.2. The molecule has 0 saturated carbocycles. The number of hydrogen-bond acceptors (Lipinski definition) is 4. The molecule has 0 atom stereocenters. The Balaban J connectivity index is 1.45. The largest absolute Gasteiger partial charge is 0.492 e. The molecule has 3 aromatic rings. The predicted octanol–water partition coefficient (Wildman–Crippen LogP) is 5.32. The highest BCUT2D eigenvalue weighted by molar-refractivity contribution is 5.92. The first kappa shape index (κ1) is 19.3. The standard InChI is InChI=1S/C23H24N2O3/c1-2-27-22-11-7-6-10-21(22)25-23(26)16-17-24-18-12-14-20(15-13-18)28-19-8-4-3-5-9-19/h3-15,24H,2,16-17H2,1H3,(H,25,26). The molecule has 0 aliphatic rings. The molecular formula is C23H24N2O3. The van der Waals surface area contributed by atoms with Gasteiger partial charge >= 0.3 is 0 Å². The van der Waals surface area contributed by atoms with Gasteiger partial charge in [0.25, 0.3) is 0 Å². The van der Waals surface area contributed by atoms with Crippen LogP contribution >= 0.6 is 0 Å². The summed E-state index contributed by atoms with van der Waals surface area (Å²) in [5.41, 5.74) is 1.62. The van der Waals surface area contributed by atoms with E-state index in [0.29, 0.717) is 31.0 Å². The summed E-state index contributed by atoms with van der Waals surface area (Å²) in [7, 11) is 0. The summed E-state index contributed by atoms with van der Waals surface area (Å²) in [4.78, 5) is 12.2. The summed E-state index contributed by atoms with van der Waals surface area (Å²) in [6.07, 6.45) is 0.350. The van der Waals surface area contributed by atoms with Crippen LogP contribution in [0.25, 0.3) is 0 Å². The van der Waals surface area contributed by atoms with Crippen molar-refractivity contribution in [1.82, 2.24) is 0 Å². The van der Waals surface area contributed by atoms with Crippen molar-refractivity contribution in [3.05, 3.63) is 78.9 Å². The van der Waals surface area contributed by atoms with Gasteiger partial charge in [-0.25, -0.2) is 0 Å². The van der Waals surface area contributed by atoms with E-state index in [2.05, 4.69) is 10.6 Å². The summed E-state index contributed by atoms with van der Waals surface area (Å²) in [6, 6.07) is 24.7. The van der Waals surface area contributed by atoms with Crippen LogP contribution in [-0.2, 0) is 4.79 Å². The minimum absolute atomic E-state index is 0.0660. The Hall–Kier alpha value is -3.47. The summed E-state index contributed by atoms with van der Waals surface area (Å²) >= 11 is 0. The first-order chi connectivity index (χ1) is 13.7. The fourth-order valence-electron chi connectivity index (χ4n) is 2.65. The number of para-hydroxylation sites is 3. The van der Waals surface area contributed by atoms with Gasteiger partial charge in [-0.05, 0) is 55.5 Å². The summed E-state index contributed by atoms with van der Waals surface area (Å²) in [6.45, 7) is 3.00. The highest BCUT2D eigenvalue weighted by Crippen LogP contribution is 2.24. The lowest BCUT2D eigenvalue weighted by Gasteiger charge is -2.12. The molecule has 3 rings (SSSR count). The fraction of sp³-hybridized carbons (Fsp3) is 0.174. The minimum Gasteiger partial charge on any atom is -0.492 e. The Morgan fingerprint density at radius 3 is 2.29 bits per heavy atom. The van der Waals surface area contributed by atoms with Crippen LogP contribution in [0.1, 0.15) is 13.3 Å². The molecule has 5 heteroatoms. The second kappa shape index (κ2) is 10.0. The van der Waals surface area contributed by atoms with Gasteiger partial charge in [0.2, 0.25) is 5.91 Å². The first-order valence-corrected chi connectivity index (χ1v) is 9.33. The van der Waals surface area contributed by atoms with Crippen molar-refractivity contribution in [1.29, 1.82) is 0 Å². The van der Waals surface area contributed by atoms with Crippen LogP contribution in [0.2, 0.25) is 0 Å². The third kappa shape index (κ3) is 5.77. The molecule has 0 aliphatic heterocycles. The van der Waals surface area contributed by atoms with Gasteiger partial charge in [0.05, 0.1) is 12.3 Å². The number of hydrogen-bond donors (Lipinski definition) is 2. The van der Waals surface area contributed by atoms with Crippen molar-refractivity contribution in [3.8, 4) is 17.2 Å². The van der Waals surface area contributed by atoms with Gasteiger partial charge in [-0.15, -0.1) is 0 Å². The van der Waals surface area contributed by atoms with Gasteiger partial charge < -0.3 is 20.1 Å². The topological polar surface area (TPSA) is 59.6 Å². The molecule has 0 spiro atoms. The number of nitrogens with one attached hydrogen (secondary N) is 2. The molecule has 0 heterocycles. The van der Waals surface area contributed by atoms with Crippen molar-refractivity contribution in [2.45, 2.75) is 13.3 Å². The smallest absolute Gasteiger partial charge is 0.226 e. The predicted molar refractivity (Wildman–Crippen MR) is 112 cm³/mol. The van der Waals surface area contributed by atoms with Gasteiger partial charge in [-0.1, -0.05) is 30.3 Å². The molecule has 5 nitrogen and oxygen atoms in total. The van der Waals surface area contributed by atoms with Gasteiger partial charge in [0.1, 0.15) is 17.2 Å². The maximum absolute atomic E-state index is 12.2. The van der Waals surface area contributed by atoms with Crippen molar-refractivity contribution in [2.24, 2.45) is 0 Å². The SMILES string of the molecule is CCOc1ccccc1NC(=O)CCNc1ccc(Oc2ccccc2)cc1. The molecule has 2 N–H and O–H groups in total. The number of ether oxygens (including phenoxy) is 2. The number of amides is 1. The van der Waals surface area contributed by atoms with E-state index >= 15 is 0 Å². The van der Waals surface area contributed by atoms with E-state index in [-0.39, 0.29) is 5.91 Å². The molecule has 0 aliphatic carbocycles. The van der Waals surface area contributed by atoms with Crippen LogP contribution in [-0.4, -0.2) is 19.1 Å². The Morgan fingerprint density at radius 2 is 1.54 bits per heavy atom. The second-order valence-electron chi connectivity index (χ2n) is 6.09. The molecule has 28 heavy (non-hydrogen) atoms. The lowest BCUT2D eigenvalue weighted by molar-refractivity contribution is -0.116. The Morgan fingerprint density at radius 1 is 0.857 bits per heavy atom. The van der Waals surface area contributed by atoms with Crippen LogP contribution in [0.5, 0.6) is 17.2 Å². The van der Waals surface area contributed by atoms with Crippen LogP contribution in [0, 0.1) is 0 Å². The third-order valence-electron chi connectivity index (χ3n) is 3.98. The molecule has 144 valence electrons. The van der Waals surface area contributed by atoms with Crippen LogP contribution in [0.4, 0.5) is 11.4 Å². The number of rotatable bonds is 9. The molecule has 0 bridgehead atoms. The van der Waals surface area contributed by atoms with Crippen LogP contribution in [0.15, 0.2) is 78.9 Å². The Kier molecular flexibility index (Phi) is 6.90. The van der Waals surface area contributed by atoms with Crippen molar-refractivity contribution in [2.75, 3.05) is 23.8 Å². The van der Waals surface area contributed by atoms with E-state index < -0.39 is 0 Å². The molecule has 1 amide bonds. The summed E-state index contributed by atoms with van der Waals surface area (Å²) in [5.74, 6) is 2.18. The van der Waals surface area contributed by atoms with Crippen molar-refractivity contribution >= 4 is 17.3 Å². The zero-order valence-electron chi connectivity index (χ0n) is 15.9. The average molecular weight is 376 g/mol. The van der Waals surface area contributed by atoms with E-state index in [1.807, 2.05) is 85.8 Å². The molecule has 0 aromatic heterocycles. The second-order valence-corrected chi connectivity index (χ2v) is 6.09. The molecule has 0 radical (unpaired) electrons. The zero-order valence-corrected chi connectivity index (χ0v) is 15.9. The first-order valence-electron chi connectivity index (χ1n) is 9.33. The fourth-order valence-corrected chi connectivity index (χ4v) is 2.65. The minimum atomic E-state index is -0.0660. The van der Waals surface area contributed by atoms with Crippen molar-refractivity contribution in [3.63, 3.8) is 0 Å². The van der Waals surface area contributed by atoms with E-state index in [4.69, 9.17) is 9.47 Å². The lowest BCUT2D eigenvalue weighted by atomic mass is 10.2. The van der Waals surface area contributed by atoms with Crippen LogP contribution in [0.3, 0.4) is 0 Å². The van der Waals surface area contributed by atoms with Gasteiger partial charge in [0.15, 0.2) is 0 Å².